The second kappa shape index (κ2) is 12.3. The molecular weight excluding hydrogens is 534 g/mol. The Kier molecular flexibility index (Phi) is 9.31. The van der Waals surface area contributed by atoms with Crippen LogP contribution in [0.5, 0.6) is 5.75 Å². The first-order valence-corrected chi connectivity index (χ1v) is 15.7. The van der Waals surface area contributed by atoms with Crippen LogP contribution in [0.3, 0.4) is 0 Å². The Bertz CT molecular complexity index is 1380. The number of rotatable bonds is 11. The molecule has 1 amide bonds. The summed E-state index contributed by atoms with van der Waals surface area (Å²) in [7, 11) is -2.08. The first-order chi connectivity index (χ1) is 18.5. The van der Waals surface area contributed by atoms with Crippen LogP contribution in [0.1, 0.15) is 56.5 Å². The predicted octanol–water partition coefficient (Wildman–Crippen LogP) is 5.74. The number of methoxy groups -OCH3 is 1. The largest absolute Gasteiger partial charge is 0.494 e. The van der Waals surface area contributed by atoms with Crippen molar-refractivity contribution < 1.29 is 22.7 Å². The van der Waals surface area contributed by atoms with Crippen molar-refractivity contribution in [3.8, 4) is 5.75 Å². The topological polar surface area (TPSA) is 89.0 Å². The number of aryl methyl sites for hydroxylation is 1. The molecule has 0 spiro atoms. The fraction of sp³-hybridized carbons (Fsp3) is 0.517. The van der Waals surface area contributed by atoms with Gasteiger partial charge in [0.1, 0.15) is 11.3 Å². The zero-order valence-electron chi connectivity index (χ0n) is 23.6. The number of hydrogen-bond donors (Lipinski definition) is 0. The number of thiazole rings is 1. The van der Waals surface area contributed by atoms with E-state index in [1.807, 2.05) is 46.8 Å². The third-order valence-electron chi connectivity index (χ3n) is 6.67. The molecule has 1 saturated heterocycles. The van der Waals surface area contributed by atoms with Crippen molar-refractivity contribution in [2.24, 2.45) is 11.8 Å². The van der Waals surface area contributed by atoms with Crippen LogP contribution >= 0.6 is 11.3 Å². The number of benzene rings is 2. The molecule has 39 heavy (non-hydrogen) atoms. The number of aromatic nitrogens is 1. The zero-order valence-corrected chi connectivity index (χ0v) is 25.3. The number of fused-ring (bicyclic) bond motifs is 1. The summed E-state index contributed by atoms with van der Waals surface area (Å²) in [5.74, 6) is 0.805. The van der Waals surface area contributed by atoms with E-state index in [0.717, 1.165) is 28.6 Å². The molecule has 0 bridgehead atoms. The number of hydrogen-bond acceptors (Lipinski definition) is 7. The number of carbonyl (C=O) groups is 1. The molecule has 0 saturated carbocycles. The molecule has 1 atom stereocenters. The number of carbonyl (C=O) groups excluding carboxylic acids is 1. The fourth-order valence-electron chi connectivity index (χ4n) is 4.78. The molecule has 10 heteroatoms. The van der Waals surface area contributed by atoms with Gasteiger partial charge in [0, 0.05) is 25.3 Å². The first kappa shape index (κ1) is 29.5. The highest BCUT2D eigenvalue weighted by Gasteiger charge is 2.29. The SMILES string of the molecule is COc1ccc(C)c2sc(N(CC3CCCO3)C(=O)c3ccc(S(=O)(=O)N(CC(C)C)CC(C)C)cc3)nc12. The maximum atomic E-state index is 13.9. The molecule has 0 radical (unpaired) electrons. The van der Waals surface area contributed by atoms with Crippen molar-refractivity contribution in [1.82, 2.24) is 9.29 Å². The Balaban J connectivity index is 1.67. The molecule has 8 nitrogen and oxygen atoms in total. The highest BCUT2D eigenvalue weighted by Crippen LogP contribution is 2.37. The van der Waals surface area contributed by atoms with E-state index in [4.69, 9.17) is 14.5 Å². The maximum Gasteiger partial charge on any atom is 0.260 e. The van der Waals surface area contributed by atoms with Gasteiger partial charge in [-0.1, -0.05) is 45.1 Å². The lowest BCUT2D eigenvalue weighted by Crippen LogP contribution is -2.38. The fourth-order valence-corrected chi connectivity index (χ4v) is 7.60. The molecule has 1 aromatic heterocycles. The molecular formula is C29H39N3O5S2. The number of sulfonamides is 1. The summed E-state index contributed by atoms with van der Waals surface area (Å²) in [4.78, 5) is 20.5. The number of anilines is 1. The Morgan fingerprint density at radius 2 is 1.77 bits per heavy atom. The lowest BCUT2D eigenvalue weighted by molar-refractivity contribution is 0.0917. The molecule has 212 valence electrons. The number of amides is 1. The van der Waals surface area contributed by atoms with Gasteiger partial charge < -0.3 is 9.47 Å². The molecule has 3 aromatic rings. The lowest BCUT2D eigenvalue weighted by atomic mass is 10.2. The van der Waals surface area contributed by atoms with Crippen LogP contribution in [0, 0.1) is 18.8 Å². The van der Waals surface area contributed by atoms with Gasteiger partial charge in [0.15, 0.2) is 5.13 Å². The van der Waals surface area contributed by atoms with Gasteiger partial charge in [-0.15, -0.1) is 0 Å². The van der Waals surface area contributed by atoms with Crippen LogP contribution in [0.25, 0.3) is 10.2 Å². The van der Waals surface area contributed by atoms with Crippen molar-refractivity contribution in [1.29, 1.82) is 0 Å². The lowest BCUT2D eigenvalue weighted by Gasteiger charge is -2.26. The summed E-state index contributed by atoms with van der Waals surface area (Å²) < 4.78 is 40.8. The van der Waals surface area contributed by atoms with Gasteiger partial charge in [0.2, 0.25) is 10.0 Å². The average molecular weight is 574 g/mol. The van der Waals surface area contributed by atoms with Crippen molar-refractivity contribution in [2.45, 2.75) is 58.5 Å². The van der Waals surface area contributed by atoms with E-state index < -0.39 is 10.0 Å². The van der Waals surface area contributed by atoms with Crippen LogP contribution in [0.2, 0.25) is 0 Å². The summed E-state index contributed by atoms with van der Waals surface area (Å²) in [5.41, 5.74) is 2.18. The van der Waals surface area contributed by atoms with E-state index in [1.54, 1.807) is 28.4 Å². The normalized spacial score (nSPS) is 16.1. The zero-order chi connectivity index (χ0) is 28.3. The van der Waals surface area contributed by atoms with Gasteiger partial charge in [-0.05, 0) is 67.5 Å². The van der Waals surface area contributed by atoms with Crippen LogP contribution < -0.4 is 9.64 Å². The minimum absolute atomic E-state index is 0.0794. The minimum Gasteiger partial charge on any atom is -0.494 e. The van der Waals surface area contributed by atoms with E-state index >= 15 is 0 Å². The van der Waals surface area contributed by atoms with E-state index in [9.17, 15) is 13.2 Å². The van der Waals surface area contributed by atoms with E-state index in [2.05, 4.69) is 0 Å². The minimum atomic E-state index is -3.69. The molecule has 4 rings (SSSR count). The van der Waals surface area contributed by atoms with Gasteiger partial charge in [0.25, 0.3) is 5.91 Å². The van der Waals surface area contributed by atoms with Gasteiger partial charge >= 0.3 is 0 Å². The Labute approximate surface area is 236 Å². The molecule has 2 aromatic carbocycles. The summed E-state index contributed by atoms with van der Waals surface area (Å²) >= 11 is 1.45. The van der Waals surface area contributed by atoms with E-state index in [1.165, 1.54) is 23.5 Å². The van der Waals surface area contributed by atoms with Crippen LogP contribution in [-0.2, 0) is 14.8 Å². The van der Waals surface area contributed by atoms with Crippen molar-refractivity contribution in [3.63, 3.8) is 0 Å². The molecule has 1 aliphatic rings. The summed E-state index contributed by atoms with van der Waals surface area (Å²) in [6, 6.07) is 10.1. The van der Waals surface area contributed by atoms with Crippen molar-refractivity contribution in [2.75, 3.05) is 38.3 Å². The summed E-state index contributed by atoms with van der Waals surface area (Å²) in [5, 5.41) is 0.565. The third kappa shape index (κ3) is 6.62. The van der Waals surface area contributed by atoms with Crippen molar-refractivity contribution in [3.05, 3.63) is 47.5 Å². The molecule has 1 fully saturated rings. The third-order valence-corrected chi connectivity index (χ3v) is 9.73. The first-order valence-electron chi connectivity index (χ1n) is 13.5. The monoisotopic (exact) mass is 573 g/mol. The molecule has 0 aliphatic carbocycles. The van der Waals surface area contributed by atoms with Crippen molar-refractivity contribution >= 4 is 42.6 Å². The number of ether oxygens (including phenoxy) is 2. The average Bonchev–Trinajstić information content (AvgIpc) is 3.57. The Morgan fingerprint density at radius 1 is 1.10 bits per heavy atom. The highest BCUT2D eigenvalue weighted by atomic mass is 32.2. The van der Waals surface area contributed by atoms with Gasteiger partial charge in [-0.3, -0.25) is 9.69 Å². The molecule has 1 aliphatic heterocycles. The summed E-state index contributed by atoms with van der Waals surface area (Å²) in [6.45, 7) is 12.0. The predicted molar refractivity (Wildman–Crippen MR) is 156 cm³/mol. The Hall–Kier alpha value is -2.53. The molecule has 0 N–H and O–H groups in total. The second-order valence-electron chi connectivity index (χ2n) is 10.9. The van der Waals surface area contributed by atoms with Crippen LogP contribution in [0.15, 0.2) is 41.3 Å². The smallest absolute Gasteiger partial charge is 0.260 e. The van der Waals surface area contributed by atoms with E-state index in [0.29, 0.717) is 42.7 Å². The van der Waals surface area contributed by atoms with Gasteiger partial charge in [0.05, 0.1) is 29.4 Å². The molecule has 1 unspecified atom stereocenters. The second-order valence-corrected chi connectivity index (χ2v) is 13.9. The van der Waals surface area contributed by atoms with Gasteiger partial charge in [-0.25, -0.2) is 13.4 Å². The quantitative estimate of drug-likeness (QED) is 0.291. The number of nitrogens with zero attached hydrogens (tertiary/aromatic N) is 3. The standard InChI is InChI=1S/C29H39N3O5S2/c1-19(2)16-31(17-20(3)4)39(34,35)24-12-10-22(11-13-24)28(33)32(18-23-8-7-15-37-23)29-30-26-25(36-6)14-9-21(5)27(26)38-29/h9-14,19-20,23H,7-8,15-18H2,1-6H3. The molecule has 2 heterocycles. The van der Waals surface area contributed by atoms with E-state index in [-0.39, 0.29) is 28.7 Å². The van der Waals surface area contributed by atoms with Crippen LogP contribution in [0.4, 0.5) is 5.13 Å². The summed E-state index contributed by atoms with van der Waals surface area (Å²) in [6.07, 6.45) is 1.75. The Morgan fingerprint density at radius 3 is 2.33 bits per heavy atom. The highest BCUT2D eigenvalue weighted by molar-refractivity contribution is 7.89. The van der Waals surface area contributed by atoms with Gasteiger partial charge in [-0.2, -0.15) is 4.31 Å². The maximum absolute atomic E-state index is 13.9. The van der Waals surface area contributed by atoms with Crippen LogP contribution in [-0.4, -0.2) is 63.1 Å².